The summed E-state index contributed by atoms with van der Waals surface area (Å²) in [5, 5.41) is 11.1. The molecule has 1 aliphatic carbocycles. The number of urea groups is 1. The Hall–Kier alpha value is -3.35. The van der Waals surface area contributed by atoms with Gasteiger partial charge in [0.05, 0.1) is 22.0 Å². The highest BCUT2D eigenvalue weighted by Crippen LogP contribution is 2.50. The molecule has 2 aliphatic rings. The monoisotopic (exact) mass is 477 g/mol. The second-order valence-electron chi connectivity index (χ2n) is 8.45. The number of likely N-dealkylation sites (tertiary alicyclic amines) is 1. The number of anilines is 1. The van der Waals surface area contributed by atoms with Crippen LogP contribution < -0.4 is 5.32 Å². The minimum absolute atomic E-state index is 0.0491. The second-order valence-corrected chi connectivity index (χ2v) is 9.36. The highest BCUT2D eigenvalue weighted by molar-refractivity contribution is 7.17. The summed E-state index contributed by atoms with van der Waals surface area (Å²) in [6.07, 6.45) is -1.18. The highest BCUT2D eigenvalue weighted by atomic mass is 32.1. The maximum absolute atomic E-state index is 12.9. The second kappa shape index (κ2) is 7.61. The lowest BCUT2D eigenvalue weighted by Gasteiger charge is -2.60. The van der Waals surface area contributed by atoms with Gasteiger partial charge < -0.3 is 9.80 Å². The van der Waals surface area contributed by atoms with Crippen LogP contribution in [0.3, 0.4) is 0 Å². The lowest BCUT2D eigenvalue weighted by atomic mass is 9.60. The first-order valence-corrected chi connectivity index (χ1v) is 10.9. The van der Waals surface area contributed by atoms with Crippen LogP contribution in [0, 0.1) is 5.41 Å². The van der Waals surface area contributed by atoms with E-state index in [0.29, 0.717) is 37.8 Å². The highest BCUT2D eigenvalue weighted by Gasteiger charge is 2.55. The van der Waals surface area contributed by atoms with E-state index in [0.717, 1.165) is 16.3 Å². The summed E-state index contributed by atoms with van der Waals surface area (Å²) in [5.74, 6) is -0.394. The fourth-order valence-corrected chi connectivity index (χ4v) is 5.24. The number of aromatic nitrogens is 4. The van der Waals surface area contributed by atoms with Crippen LogP contribution in [0.2, 0.25) is 0 Å². The number of hydrogen-bond donors (Lipinski definition) is 1. The molecule has 0 bridgehead atoms. The zero-order chi connectivity index (χ0) is 23.4. The van der Waals surface area contributed by atoms with E-state index in [1.165, 1.54) is 22.6 Å². The predicted molar refractivity (Wildman–Crippen MR) is 113 cm³/mol. The van der Waals surface area contributed by atoms with Crippen molar-refractivity contribution in [3.63, 3.8) is 0 Å². The smallest absolute Gasteiger partial charge is 0.336 e. The zero-order valence-electron chi connectivity index (χ0n) is 17.3. The Balaban J connectivity index is 1.15. The molecule has 0 radical (unpaired) electrons. The van der Waals surface area contributed by atoms with Gasteiger partial charge in [-0.3, -0.25) is 10.1 Å². The first-order chi connectivity index (χ1) is 15.7. The number of carbonyl (C=O) groups excluding carboxylic acids is 2. The Bertz CT molecular complexity index is 1230. The molecular formula is C20H18F3N7O2S. The molecule has 172 valence electrons. The number of nitrogens with one attached hydrogen (secondary N) is 1. The first kappa shape index (κ1) is 21.5. The molecule has 0 atom stereocenters. The van der Waals surface area contributed by atoms with E-state index in [4.69, 9.17) is 0 Å². The summed E-state index contributed by atoms with van der Waals surface area (Å²) in [6, 6.07) is 1.95. The van der Waals surface area contributed by atoms with Gasteiger partial charge in [0.15, 0.2) is 5.82 Å². The van der Waals surface area contributed by atoms with Crippen molar-refractivity contribution in [3.8, 4) is 0 Å². The average Bonchev–Trinajstić information content (AvgIpc) is 3.20. The molecule has 3 aromatic heterocycles. The van der Waals surface area contributed by atoms with Gasteiger partial charge in [-0.05, 0) is 30.4 Å². The van der Waals surface area contributed by atoms with Crippen LogP contribution in [0.15, 0.2) is 30.0 Å². The van der Waals surface area contributed by atoms with Crippen molar-refractivity contribution in [3.05, 3.63) is 41.3 Å². The molecule has 1 saturated heterocycles. The Morgan fingerprint density at radius 1 is 1.27 bits per heavy atom. The van der Waals surface area contributed by atoms with Gasteiger partial charge in [-0.25, -0.2) is 14.8 Å². The summed E-state index contributed by atoms with van der Waals surface area (Å²) < 4.78 is 39.2. The molecule has 0 aromatic carbocycles. The average molecular weight is 477 g/mol. The number of carbonyl (C=O) groups is 2. The molecule has 33 heavy (non-hydrogen) atoms. The molecule has 1 aliphatic heterocycles. The van der Waals surface area contributed by atoms with Crippen LogP contribution in [0.1, 0.15) is 28.9 Å². The molecule has 5 rings (SSSR count). The van der Waals surface area contributed by atoms with E-state index < -0.39 is 17.8 Å². The molecule has 13 heteroatoms. The van der Waals surface area contributed by atoms with Gasteiger partial charge >= 0.3 is 12.2 Å². The molecule has 9 nitrogen and oxygen atoms in total. The maximum Gasteiger partial charge on any atom is 0.418 e. The molecule has 3 aromatic rings. The molecule has 1 spiro atoms. The fraction of sp³-hybridized carbons (Fsp3) is 0.400. The molecule has 4 heterocycles. The maximum atomic E-state index is 12.9. The zero-order valence-corrected chi connectivity index (χ0v) is 18.2. The Labute approximate surface area is 189 Å². The first-order valence-electron chi connectivity index (χ1n) is 10.1. The number of nitrogens with zero attached hydrogens (tertiary/aromatic N) is 6. The van der Waals surface area contributed by atoms with E-state index >= 15 is 0 Å². The number of thiophene rings is 1. The lowest BCUT2D eigenvalue weighted by molar-refractivity contribution is -0.137. The van der Waals surface area contributed by atoms with Crippen LogP contribution in [-0.4, -0.2) is 68.1 Å². The quantitative estimate of drug-likeness (QED) is 0.621. The van der Waals surface area contributed by atoms with Gasteiger partial charge in [-0.2, -0.15) is 18.3 Å². The van der Waals surface area contributed by atoms with Crippen molar-refractivity contribution in [2.24, 2.45) is 5.41 Å². The molecular weight excluding hydrogens is 459 g/mol. The van der Waals surface area contributed by atoms with Crippen molar-refractivity contribution >= 4 is 39.3 Å². The number of amides is 3. The van der Waals surface area contributed by atoms with Crippen molar-refractivity contribution in [2.45, 2.75) is 25.1 Å². The molecule has 2 fully saturated rings. The van der Waals surface area contributed by atoms with Gasteiger partial charge in [-0.1, -0.05) is 0 Å². The molecule has 1 saturated carbocycles. The van der Waals surface area contributed by atoms with E-state index in [1.807, 2.05) is 11.4 Å². The van der Waals surface area contributed by atoms with Crippen LogP contribution in [0.5, 0.6) is 0 Å². The van der Waals surface area contributed by atoms with Crippen LogP contribution in [0.4, 0.5) is 23.8 Å². The summed E-state index contributed by atoms with van der Waals surface area (Å²) in [4.78, 5) is 36.9. The van der Waals surface area contributed by atoms with Gasteiger partial charge in [-0.15, -0.1) is 16.4 Å². The van der Waals surface area contributed by atoms with E-state index in [9.17, 15) is 22.8 Å². The van der Waals surface area contributed by atoms with E-state index in [-0.39, 0.29) is 23.2 Å². The number of rotatable bonds is 3. The van der Waals surface area contributed by atoms with Gasteiger partial charge in [0, 0.05) is 31.6 Å². The van der Waals surface area contributed by atoms with Crippen molar-refractivity contribution in [1.29, 1.82) is 0 Å². The van der Waals surface area contributed by atoms with Crippen molar-refractivity contribution in [2.75, 3.05) is 25.5 Å². The Morgan fingerprint density at radius 2 is 2.03 bits per heavy atom. The van der Waals surface area contributed by atoms with Gasteiger partial charge in [0.2, 0.25) is 0 Å². The summed E-state index contributed by atoms with van der Waals surface area (Å²) in [7, 11) is 1.59. The third-order valence-corrected chi connectivity index (χ3v) is 7.12. The summed E-state index contributed by atoms with van der Waals surface area (Å²) >= 11 is 1.43. The molecule has 1 N–H and O–H groups in total. The number of hydrogen-bond acceptors (Lipinski definition) is 7. The Kier molecular flexibility index (Phi) is 4.96. The third-order valence-electron chi connectivity index (χ3n) is 6.21. The lowest BCUT2D eigenvalue weighted by Crippen LogP contribution is -2.67. The largest absolute Gasteiger partial charge is 0.418 e. The number of alkyl halides is 3. The predicted octanol–water partition coefficient (Wildman–Crippen LogP) is 3.27. The van der Waals surface area contributed by atoms with E-state index in [1.54, 1.807) is 11.9 Å². The van der Waals surface area contributed by atoms with Crippen molar-refractivity contribution in [1.82, 2.24) is 30.0 Å². The van der Waals surface area contributed by atoms with Crippen LogP contribution in [-0.2, 0) is 6.18 Å². The third kappa shape index (κ3) is 3.86. The Morgan fingerprint density at radius 3 is 2.76 bits per heavy atom. The number of fused-ring (bicyclic) bond motifs is 1. The summed E-state index contributed by atoms with van der Waals surface area (Å²) in [5.41, 5.74) is 0.113. The number of halogens is 3. The summed E-state index contributed by atoms with van der Waals surface area (Å²) in [6.45, 7) is 1.15. The molecule has 0 unspecified atom stereocenters. The van der Waals surface area contributed by atoms with Gasteiger partial charge in [0.1, 0.15) is 12.0 Å². The SMILES string of the molecule is CN(C(=O)Nc1cc(C(F)(F)F)cnn1)C1CC2(C1)CN(C(=O)c1ncnc3ccsc13)C2. The van der Waals surface area contributed by atoms with Gasteiger partial charge in [0.25, 0.3) is 5.91 Å². The van der Waals surface area contributed by atoms with Crippen molar-refractivity contribution < 1.29 is 22.8 Å². The minimum Gasteiger partial charge on any atom is -0.336 e. The van der Waals surface area contributed by atoms with Crippen LogP contribution >= 0.6 is 11.3 Å². The minimum atomic E-state index is -4.57. The topological polar surface area (TPSA) is 104 Å². The normalized spacial score (nSPS) is 17.5. The van der Waals surface area contributed by atoms with E-state index in [2.05, 4.69) is 25.5 Å². The molecule has 3 amide bonds. The fourth-order valence-electron chi connectivity index (χ4n) is 4.42. The standard InChI is InChI=1S/C20H18F3N7O2S/c1-29(18(32)27-14-4-11(7-26-28-14)20(21,22)23)12-5-19(6-12)8-30(9-19)17(31)15-16-13(2-3-33-16)24-10-25-15/h2-4,7,10,12H,5-6,8-9H2,1H3,(H,27,28,32). The van der Waals surface area contributed by atoms with Crippen LogP contribution in [0.25, 0.3) is 10.2 Å².